The topological polar surface area (TPSA) is 52.0 Å². The van der Waals surface area contributed by atoms with Crippen molar-refractivity contribution in [2.75, 3.05) is 0 Å². The van der Waals surface area contributed by atoms with Gasteiger partial charge in [0, 0.05) is 13.0 Å². The summed E-state index contributed by atoms with van der Waals surface area (Å²) in [5.74, 6) is 0.267. The van der Waals surface area contributed by atoms with Crippen LogP contribution >= 0.6 is 0 Å². The predicted molar refractivity (Wildman–Crippen MR) is 59.7 cm³/mol. The Bertz CT molecular complexity index is 671. The zero-order chi connectivity index (χ0) is 11.3. The van der Waals surface area contributed by atoms with Gasteiger partial charge in [0.2, 0.25) is 0 Å². The summed E-state index contributed by atoms with van der Waals surface area (Å²) >= 11 is 0. The van der Waals surface area contributed by atoms with Gasteiger partial charge in [-0.25, -0.2) is 4.98 Å². The average molecular weight is 214 g/mol. The first-order chi connectivity index (χ1) is 7.66. The monoisotopic (exact) mass is 214 g/mol. The molecular weight excluding hydrogens is 204 g/mol. The van der Waals surface area contributed by atoms with Crippen molar-refractivity contribution in [3.63, 3.8) is 0 Å². The van der Waals surface area contributed by atoms with Crippen LogP contribution in [0.25, 0.3) is 10.9 Å². The summed E-state index contributed by atoms with van der Waals surface area (Å²) in [7, 11) is 0. The number of aryl methyl sites for hydroxylation is 1. The number of ketones is 1. The number of fused-ring (bicyclic) bond motifs is 2. The highest BCUT2D eigenvalue weighted by atomic mass is 16.1. The van der Waals surface area contributed by atoms with Crippen LogP contribution in [0.1, 0.15) is 22.6 Å². The second-order valence-corrected chi connectivity index (χ2v) is 4.09. The van der Waals surface area contributed by atoms with Gasteiger partial charge in [-0.1, -0.05) is 6.07 Å². The lowest BCUT2D eigenvalue weighted by molar-refractivity contribution is 0.0990. The third-order valence-corrected chi connectivity index (χ3v) is 2.92. The van der Waals surface area contributed by atoms with Gasteiger partial charge >= 0.3 is 0 Å². The number of aromatic nitrogens is 2. The Labute approximate surface area is 91.5 Å². The molecule has 0 radical (unpaired) electrons. The van der Waals surface area contributed by atoms with E-state index in [9.17, 15) is 9.59 Å². The smallest absolute Gasteiger partial charge is 0.261 e. The minimum absolute atomic E-state index is 0.0412. The van der Waals surface area contributed by atoms with Crippen molar-refractivity contribution in [3.8, 4) is 0 Å². The fourth-order valence-corrected chi connectivity index (χ4v) is 2.08. The largest absolute Gasteiger partial charge is 0.291 e. The van der Waals surface area contributed by atoms with Crippen LogP contribution in [0.2, 0.25) is 0 Å². The van der Waals surface area contributed by atoms with Crippen LogP contribution in [0.4, 0.5) is 0 Å². The number of Topliss-reactive ketones (excluding diaryl/α,β-unsaturated/α-hetero) is 1. The Kier molecular flexibility index (Phi) is 1.74. The van der Waals surface area contributed by atoms with Gasteiger partial charge in [-0.2, -0.15) is 0 Å². The van der Waals surface area contributed by atoms with Crippen molar-refractivity contribution in [3.05, 3.63) is 39.9 Å². The van der Waals surface area contributed by atoms with Gasteiger partial charge in [0.15, 0.2) is 11.6 Å². The number of hydrogen-bond donors (Lipinski definition) is 0. The van der Waals surface area contributed by atoms with E-state index in [0.29, 0.717) is 29.7 Å². The third kappa shape index (κ3) is 1.13. The van der Waals surface area contributed by atoms with E-state index in [-0.39, 0.29) is 11.3 Å². The molecule has 2 aromatic rings. The highest BCUT2D eigenvalue weighted by molar-refractivity contribution is 5.96. The van der Waals surface area contributed by atoms with Crippen LogP contribution < -0.4 is 5.56 Å². The van der Waals surface area contributed by atoms with Gasteiger partial charge < -0.3 is 0 Å². The molecule has 3 rings (SSSR count). The average Bonchev–Trinajstić information content (AvgIpc) is 2.61. The number of carbonyl (C=O) groups is 1. The Morgan fingerprint density at radius 3 is 2.94 bits per heavy atom. The molecule has 0 N–H and O–H groups in total. The molecule has 1 aliphatic rings. The Morgan fingerprint density at radius 1 is 1.31 bits per heavy atom. The van der Waals surface area contributed by atoms with Gasteiger partial charge in [-0.05, 0) is 24.6 Å². The van der Waals surface area contributed by atoms with E-state index in [0.717, 1.165) is 5.56 Å². The van der Waals surface area contributed by atoms with Crippen molar-refractivity contribution in [2.24, 2.45) is 0 Å². The first kappa shape index (κ1) is 9.27. The maximum Gasteiger partial charge on any atom is 0.261 e. The predicted octanol–water partition coefficient (Wildman–Crippen LogP) is 1.29. The molecule has 80 valence electrons. The molecule has 1 aliphatic heterocycles. The van der Waals surface area contributed by atoms with Crippen molar-refractivity contribution in [1.82, 2.24) is 9.55 Å². The lowest BCUT2D eigenvalue weighted by Crippen LogP contribution is -2.21. The van der Waals surface area contributed by atoms with Crippen LogP contribution in [0.3, 0.4) is 0 Å². The van der Waals surface area contributed by atoms with Crippen molar-refractivity contribution < 1.29 is 4.79 Å². The quantitative estimate of drug-likeness (QED) is 0.664. The first-order valence-corrected chi connectivity index (χ1v) is 5.21. The highest BCUT2D eigenvalue weighted by Crippen LogP contribution is 2.15. The Hall–Kier alpha value is -1.97. The fraction of sp³-hybridized carbons (Fsp3) is 0.250. The summed E-state index contributed by atoms with van der Waals surface area (Å²) in [5, 5.41) is 0.587. The van der Waals surface area contributed by atoms with Crippen LogP contribution in [0.15, 0.2) is 23.0 Å². The summed E-state index contributed by atoms with van der Waals surface area (Å²) in [6, 6.07) is 5.49. The molecule has 0 saturated carbocycles. The highest BCUT2D eigenvalue weighted by Gasteiger charge is 2.23. The minimum Gasteiger partial charge on any atom is -0.291 e. The number of carbonyl (C=O) groups excluding carboxylic acids is 1. The van der Waals surface area contributed by atoms with E-state index in [1.165, 1.54) is 4.57 Å². The van der Waals surface area contributed by atoms with E-state index in [2.05, 4.69) is 4.98 Å². The van der Waals surface area contributed by atoms with Gasteiger partial charge in [0.05, 0.1) is 10.9 Å². The molecule has 16 heavy (non-hydrogen) atoms. The van der Waals surface area contributed by atoms with Gasteiger partial charge in [0.25, 0.3) is 5.56 Å². The molecule has 0 atom stereocenters. The second kappa shape index (κ2) is 3.01. The van der Waals surface area contributed by atoms with E-state index in [1.54, 1.807) is 6.07 Å². The van der Waals surface area contributed by atoms with E-state index >= 15 is 0 Å². The van der Waals surface area contributed by atoms with Crippen LogP contribution in [-0.2, 0) is 6.54 Å². The fourth-order valence-electron chi connectivity index (χ4n) is 2.08. The summed E-state index contributed by atoms with van der Waals surface area (Å²) in [5.41, 5.74) is 1.55. The molecule has 0 fully saturated rings. The molecule has 0 amide bonds. The number of rotatable bonds is 0. The number of nitrogens with zero attached hydrogens (tertiary/aromatic N) is 2. The van der Waals surface area contributed by atoms with Crippen LogP contribution in [-0.4, -0.2) is 15.3 Å². The van der Waals surface area contributed by atoms with Gasteiger partial charge in [-0.15, -0.1) is 0 Å². The second-order valence-electron chi connectivity index (χ2n) is 4.09. The van der Waals surface area contributed by atoms with E-state index in [1.807, 2.05) is 19.1 Å². The maximum absolute atomic E-state index is 12.0. The molecule has 2 heterocycles. The third-order valence-electron chi connectivity index (χ3n) is 2.92. The standard InChI is InChI=1S/C12H10N2O2/c1-7-2-3-8-9(6-7)13-11-10(15)4-5-14(11)12(8)16/h2-3,6H,4-5H2,1H3. The zero-order valence-electron chi connectivity index (χ0n) is 8.86. The Morgan fingerprint density at radius 2 is 2.12 bits per heavy atom. The van der Waals surface area contributed by atoms with Gasteiger partial charge in [0.1, 0.15) is 0 Å². The maximum atomic E-state index is 12.0. The molecule has 4 nitrogen and oxygen atoms in total. The lowest BCUT2D eigenvalue weighted by Gasteiger charge is -2.04. The summed E-state index contributed by atoms with van der Waals surface area (Å²) in [4.78, 5) is 27.8. The molecule has 0 unspecified atom stereocenters. The SMILES string of the molecule is Cc1ccc2c(=O)n3c(nc2c1)C(=O)CC3. The van der Waals surface area contributed by atoms with E-state index in [4.69, 9.17) is 0 Å². The molecular formula is C12H10N2O2. The minimum atomic E-state index is -0.106. The summed E-state index contributed by atoms with van der Waals surface area (Å²) < 4.78 is 1.47. The molecule has 0 aliphatic carbocycles. The first-order valence-electron chi connectivity index (χ1n) is 5.21. The van der Waals surface area contributed by atoms with E-state index < -0.39 is 0 Å². The Balaban J connectivity index is 2.48. The molecule has 1 aromatic carbocycles. The molecule has 0 spiro atoms. The molecule has 0 bridgehead atoms. The van der Waals surface area contributed by atoms with Crippen LogP contribution in [0, 0.1) is 6.92 Å². The van der Waals surface area contributed by atoms with Crippen molar-refractivity contribution in [1.29, 1.82) is 0 Å². The number of benzene rings is 1. The normalized spacial score (nSPS) is 14.4. The molecule has 1 aromatic heterocycles. The lowest BCUT2D eigenvalue weighted by atomic mass is 10.2. The van der Waals surface area contributed by atoms with Crippen LogP contribution in [0.5, 0.6) is 0 Å². The van der Waals surface area contributed by atoms with Gasteiger partial charge in [-0.3, -0.25) is 14.2 Å². The van der Waals surface area contributed by atoms with Crippen molar-refractivity contribution in [2.45, 2.75) is 19.9 Å². The molecule has 4 heteroatoms. The molecule has 0 saturated heterocycles. The zero-order valence-corrected chi connectivity index (χ0v) is 8.86. The summed E-state index contributed by atoms with van der Waals surface area (Å²) in [6.07, 6.45) is 0.386. The number of hydrogen-bond acceptors (Lipinski definition) is 3. The van der Waals surface area contributed by atoms with Crippen molar-refractivity contribution >= 4 is 16.7 Å². The summed E-state index contributed by atoms with van der Waals surface area (Å²) in [6.45, 7) is 2.40.